The number of hydrogen-bond acceptors (Lipinski definition) is 4. The Labute approximate surface area is 105 Å². The van der Waals surface area contributed by atoms with Crippen molar-refractivity contribution < 1.29 is 9.72 Å². The first-order valence-electron chi connectivity index (χ1n) is 5.14. The van der Waals surface area contributed by atoms with Crippen molar-refractivity contribution in [3.63, 3.8) is 0 Å². The number of carbonyl (C=O) groups is 1. The van der Waals surface area contributed by atoms with Gasteiger partial charge in [-0.2, -0.15) is 0 Å². The number of nitrogens with one attached hydrogen (secondary N) is 1. The van der Waals surface area contributed by atoms with Gasteiger partial charge in [0.15, 0.2) is 0 Å². The van der Waals surface area contributed by atoms with E-state index in [0.717, 1.165) is 0 Å². The molecule has 0 aromatic heterocycles. The van der Waals surface area contributed by atoms with Gasteiger partial charge in [-0.3, -0.25) is 14.9 Å². The molecule has 94 valence electrons. The zero-order valence-corrected chi connectivity index (χ0v) is 10.1. The average molecular weight is 247 g/mol. The van der Waals surface area contributed by atoms with Crippen LogP contribution in [0.2, 0.25) is 0 Å². The van der Waals surface area contributed by atoms with E-state index in [9.17, 15) is 14.9 Å². The lowest BCUT2D eigenvalue weighted by molar-refractivity contribution is -0.384. The Morgan fingerprint density at radius 3 is 2.72 bits per heavy atom. The molecule has 1 N–H and O–H groups in total. The fourth-order valence-electron chi connectivity index (χ4n) is 1.37. The van der Waals surface area contributed by atoms with E-state index in [-0.39, 0.29) is 23.8 Å². The second-order valence-corrected chi connectivity index (χ2v) is 3.75. The minimum Gasteiger partial charge on any atom is -0.369 e. The summed E-state index contributed by atoms with van der Waals surface area (Å²) in [7, 11) is 3.22. The van der Waals surface area contributed by atoms with Crippen LogP contribution in [0.25, 0.3) is 0 Å². The van der Waals surface area contributed by atoms with Crippen molar-refractivity contribution in [3.8, 4) is 12.3 Å². The summed E-state index contributed by atoms with van der Waals surface area (Å²) in [5, 5.41) is 13.5. The zero-order valence-electron chi connectivity index (χ0n) is 10.1. The van der Waals surface area contributed by atoms with Gasteiger partial charge in [-0.1, -0.05) is 5.92 Å². The summed E-state index contributed by atoms with van der Waals surface area (Å²) in [5.74, 6) is 2.10. The van der Waals surface area contributed by atoms with E-state index in [1.54, 1.807) is 14.1 Å². The third-order valence-electron chi connectivity index (χ3n) is 2.23. The molecule has 0 spiro atoms. The van der Waals surface area contributed by atoms with Gasteiger partial charge in [-0.25, -0.2) is 0 Å². The van der Waals surface area contributed by atoms with Crippen LogP contribution in [0.1, 0.15) is 10.4 Å². The fraction of sp³-hybridized carbons (Fsp3) is 0.250. The number of rotatable bonds is 4. The van der Waals surface area contributed by atoms with E-state index in [1.165, 1.54) is 23.1 Å². The zero-order chi connectivity index (χ0) is 13.7. The van der Waals surface area contributed by atoms with Gasteiger partial charge < -0.3 is 10.2 Å². The van der Waals surface area contributed by atoms with Crippen LogP contribution in [0.3, 0.4) is 0 Å². The Bertz CT molecular complexity index is 518. The molecule has 0 atom stereocenters. The Balaban J connectivity index is 3.17. The molecule has 0 saturated heterocycles. The van der Waals surface area contributed by atoms with Crippen molar-refractivity contribution in [2.75, 3.05) is 26.0 Å². The molecule has 1 rings (SSSR count). The van der Waals surface area contributed by atoms with Crippen LogP contribution in [0, 0.1) is 22.5 Å². The van der Waals surface area contributed by atoms with Crippen molar-refractivity contribution in [2.24, 2.45) is 0 Å². The van der Waals surface area contributed by atoms with Crippen LogP contribution < -0.4 is 5.32 Å². The lowest BCUT2D eigenvalue weighted by atomic mass is 10.1. The van der Waals surface area contributed by atoms with Gasteiger partial charge in [-0.05, 0) is 12.1 Å². The number of terminal acetylenes is 1. The van der Waals surface area contributed by atoms with Gasteiger partial charge in [0.05, 0.1) is 11.5 Å². The van der Waals surface area contributed by atoms with Crippen LogP contribution in [0.4, 0.5) is 11.4 Å². The lowest BCUT2D eigenvalue weighted by Crippen LogP contribution is -2.21. The topological polar surface area (TPSA) is 75.5 Å². The molecule has 6 heteroatoms. The van der Waals surface area contributed by atoms with Crippen LogP contribution >= 0.6 is 0 Å². The Morgan fingerprint density at radius 2 is 2.22 bits per heavy atom. The minimum atomic E-state index is -0.525. The molecular formula is C12H13N3O3. The fourth-order valence-corrected chi connectivity index (χ4v) is 1.37. The van der Waals surface area contributed by atoms with E-state index < -0.39 is 4.92 Å². The highest BCUT2D eigenvalue weighted by atomic mass is 16.6. The van der Waals surface area contributed by atoms with Crippen LogP contribution in [0.5, 0.6) is 0 Å². The van der Waals surface area contributed by atoms with Crippen molar-refractivity contribution in [2.45, 2.75) is 0 Å². The molecule has 1 aromatic carbocycles. The monoisotopic (exact) mass is 247 g/mol. The number of nitro benzene ring substituents is 1. The van der Waals surface area contributed by atoms with Gasteiger partial charge >= 0.3 is 0 Å². The van der Waals surface area contributed by atoms with Gasteiger partial charge in [-0.15, -0.1) is 6.42 Å². The van der Waals surface area contributed by atoms with Crippen molar-refractivity contribution in [1.29, 1.82) is 0 Å². The first-order chi connectivity index (χ1) is 8.47. The number of hydrogen-bond donors (Lipinski definition) is 1. The molecule has 0 heterocycles. The van der Waals surface area contributed by atoms with E-state index in [4.69, 9.17) is 6.42 Å². The van der Waals surface area contributed by atoms with Crippen molar-refractivity contribution in [3.05, 3.63) is 33.9 Å². The van der Waals surface area contributed by atoms with E-state index >= 15 is 0 Å². The molecule has 18 heavy (non-hydrogen) atoms. The number of nitrogens with zero attached hydrogens (tertiary/aromatic N) is 2. The molecule has 0 bridgehead atoms. The van der Waals surface area contributed by atoms with E-state index in [2.05, 4.69) is 11.2 Å². The van der Waals surface area contributed by atoms with Crippen LogP contribution in [-0.4, -0.2) is 36.4 Å². The SMILES string of the molecule is C#CCNc1cc(C(=O)N(C)C)ccc1[N+](=O)[O-]. The van der Waals surface area contributed by atoms with Gasteiger partial charge in [0.1, 0.15) is 5.69 Å². The summed E-state index contributed by atoms with van der Waals surface area (Å²) in [5.41, 5.74) is 0.497. The molecule has 1 aromatic rings. The standard InChI is InChI=1S/C12H13N3O3/c1-4-7-13-10-8-9(12(16)14(2)3)5-6-11(10)15(17)18/h1,5-6,8,13H,7H2,2-3H3. The molecule has 0 aliphatic rings. The molecule has 1 amide bonds. The quantitative estimate of drug-likeness (QED) is 0.495. The van der Waals surface area contributed by atoms with Crippen molar-refractivity contribution >= 4 is 17.3 Å². The van der Waals surface area contributed by atoms with Crippen LogP contribution in [0.15, 0.2) is 18.2 Å². The summed E-state index contributed by atoms with van der Waals surface area (Å²) in [6.07, 6.45) is 5.09. The number of nitro groups is 1. The van der Waals surface area contributed by atoms with Gasteiger partial charge in [0, 0.05) is 25.7 Å². The smallest absolute Gasteiger partial charge is 0.292 e. The predicted octanol–water partition coefficient (Wildman–Crippen LogP) is 1.34. The maximum Gasteiger partial charge on any atom is 0.292 e. The Hall–Kier alpha value is -2.55. The van der Waals surface area contributed by atoms with Crippen molar-refractivity contribution in [1.82, 2.24) is 4.90 Å². The summed E-state index contributed by atoms with van der Waals surface area (Å²) in [6, 6.07) is 4.13. The summed E-state index contributed by atoms with van der Waals surface area (Å²) in [6.45, 7) is 0.153. The van der Waals surface area contributed by atoms with E-state index in [1.807, 2.05) is 0 Å². The van der Waals surface area contributed by atoms with Gasteiger partial charge in [0.2, 0.25) is 0 Å². The second-order valence-electron chi connectivity index (χ2n) is 3.75. The molecule has 0 saturated carbocycles. The highest BCUT2D eigenvalue weighted by molar-refractivity contribution is 5.95. The molecule has 0 radical (unpaired) electrons. The number of amides is 1. The molecular weight excluding hydrogens is 234 g/mol. The maximum absolute atomic E-state index is 11.7. The largest absolute Gasteiger partial charge is 0.369 e. The number of anilines is 1. The summed E-state index contributed by atoms with van der Waals surface area (Å²) >= 11 is 0. The molecule has 6 nitrogen and oxygen atoms in total. The highest BCUT2D eigenvalue weighted by Gasteiger charge is 2.17. The summed E-state index contributed by atoms with van der Waals surface area (Å²) < 4.78 is 0. The molecule has 0 aliphatic carbocycles. The minimum absolute atomic E-state index is 0.111. The second kappa shape index (κ2) is 5.68. The van der Waals surface area contributed by atoms with Crippen LogP contribution in [-0.2, 0) is 0 Å². The first kappa shape index (κ1) is 13.5. The van der Waals surface area contributed by atoms with E-state index in [0.29, 0.717) is 5.56 Å². The third kappa shape index (κ3) is 2.98. The normalized spacial score (nSPS) is 9.39. The number of benzene rings is 1. The number of carbonyl (C=O) groups excluding carboxylic acids is 1. The molecule has 0 unspecified atom stereocenters. The highest BCUT2D eigenvalue weighted by Crippen LogP contribution is 2.25. The molecule has 0 fully saturated rings. The maximum atomic E-state index is 11.7. The van der Waals surface area contributed by atoms with Gasteiger partial charge in [0.25, 0.3) is 11.6 Å². The Kier molecular flexibility index (Phi) is 4.27. The first-order valence-corrected chi connectivity index (χ1v) is 5.14. The molecule has 0 aliphatic heterocycles. The lowest BCUT2D eigenvalue weighted by Gasteiger charge is -2.11. The average Bonchev–Trinajstić information content (AvgIpc) is 2.34. The summed E-state index contributed by atoms with van der Waals surface area (Å²) in [4.78, 5) is 23.4. The predicted molar refractivity (Wildman–Crippen MR) is 68.4 cm³/mol. The Morgan fingerprint density at radius 1 is 1.56 bits per heavy atom. The third-order valence-corrected chi connectivity index (χ3v) is 2.23.